The Morgan fingerprint density at radius 3 is 2.77 bits per heavy atom. The van der Waals surface area contributed by atoms with Crippen molar-refractivity contribution >= 4 is 17.5 Å². The zero-order valence-corrected chi connectivity index (χ0v) is 15.5. The zero-order valence-electron chi connectivity index (χ0n) is 15.5. The van der Waals surface area contributed by atoms with Crippen molar-refractivity contribution in [2.75, 3.05) is 47.9 Å². The van der Waals surface area contributed by atoms with Gasteiger partial charge in [-0.2, -0.15) is 5.10 Å². The van der Waals surface area contributed by atoms with Crippen molar-refractivity contribution in [1.82, 2.24) is 20.2 Å². The average molecular weight is 353 g/mol. The van der Waals surface area contributed by atoms with Crippen molar-refractivity contribution < 1.29 is 0 Å². The van der Waals surface area contributed by atoms with E-state index in [2.05, 4.69) is 48.0 Å². The molecule has 7 heteroatoms. The lowest BCUT2D eigenvalue weighted by molar-refractivity contribution is 0.572. The predicted octanol–water partition coefficient (Wildman–Crippen LogP) is 2.36. The van der Waals surface area contributed by atoms with Crippen LogP contribution in [0.4, 0.5) is 17.5 Å². The lowest BCUT2D eigenvalue weighted by Gasteiger charge is -2.31. The summed E-state index contributed by atoms with van der Waals surface area (Å²) in [6, 6.07) is 6.57. The van der Waals surface area contributed by atoms with Gasteiger partial charge in [-0.3, -0.25) is 0 Å². The fraction of sp³-hybridized carbons (Fsp3) is 0.579. The number of likely N-dealkylation sites (N-methyl/N-ethyl adjacent to an activating group) is 1. The summed E-state index contributed by atoms with van der Waals surface area (Å²) in [5.74, 6) is 3.02. The second-order valence-corrected chi connectivity index (χ2v) is 7.23. The van der Waals surface area contributed by atoms with Crippen LogP contribution in [0.25, 0.3) is 0 Å². The van der Waals surface area contributed by atoms with Gasteiger partial charge in [0.15, 0.2) is 5.82 Å². The quantitative estimate of drug-likeness (QED) is 0.818. The van der Waals surface area contributed by atoms with Crippen LogP contribution in [0.5, 0.6) is 0 Å². The minimum absolute atomic E-state index is 0.435. The number of hydrogen-bond acceptors (Lipinski definition) is 7. The molecule has 1 atom stereocenters. The van der Waals surface area contributed by atoms with Crippen molar-refractivity contribution in [2.45, 2.75) is 38.1 Å². The third-order valence-electron chi connectivity index (χ3n) is 5.42. The molecule has 2 fully saturated rings. The van der Waals surface area contributed by atoms with E-state index in [4.69, 9.17) is 0 Å². The summed E-state index contributed by atoms with van der Waals surface area (Å²) in [6.07, 6.45) is 9.63. The van der Waals surface area contributed by atoms with Crippen molar-refractivity contribution in [1.29, 1.82) is 0 Å². The van der Waals surface area contributed by atoms with Crippen molar-refractivity contribution in [3.8, 4) is 0 Å². The molecule has 0 amide bonds. The van der Waals surface area contributed by atoms with Crippen LogP contribution in [-0.4, -0.2) is 59.4 Å². The number of piperidine rings is 1. The minimum Gasteiger partial charge on any atom is -0.357 e. The van der Waals surface area contributed by atoms with E-state index in [1.807, 2.05) is 12.1 Å². The summed E-state index contributed by atoms with van der Waals surface area (Å²) in [5, 5.41) is 8.32. The van der Waals surface area contributed by atoms with Gasteiger partial charge in [0, 0.05) is 51.5 Å². The first-order valence-corrected chi connectivity index (χ1v) is 9.64. The van der Waals surface area contributed by atoms with E-state index in [-0.39, 0.29) is 0 Å². The van der Waals surface area contributed by atoms with Crippen LogP contribution in [0, 0.1) is 0 Å². The lowest BCUT2D eigenvalue weighted by atomic mass is 10.1. The Labute approximate surface area is 155 Å². The Hall–Kier alpha value is -2.44. The Morgan fingerprint density at radius 1 is 1.08 bits per heavy atom. The van der Waals surface area contributed by atoms with E-state index < -0.39 is 0 Å². The Balaban J connectivity index is 1.45. The van der Waals surface area contributed by atoms with E-state index in [1.165, 1.54) is 32.1 Å². The molecule has 0 bridgehead atoms. The van der Waals surface area contributed by atoms with Crippen LogP contribution in [0.3, 0.4) is 0 Å². The van der Waals surface area contributed by atoms with Gasteiger partial charge in [0.25, 0.3) is 0 Å². The zero-order chi connectivity index (χ0) is 17.8. The van der Waals surface area contributed by atoms with Crippen LogP contribution in [0.15, 0.2) is 30.7 Å². The van der Waals surface area contributed by atoms with Gasteiger partial charge in [-0.1, -0.05) is 0 Å². The summed E-state index contributed by atoms with van der Waals surface area (Å²) in [5.41, 5.74) is 0. The van der Waals surface area contributed by atoms with Crippen molar-refractivity contribution in [3.63, 3.8) is 0 Å². The molecule has 0 aliphatic carbocycles. The van der Waals surface area contributed by atoms with Crippen LogP contribution < -0.4 is 14.7 Å². The fourth-order valence-electron chi connectivity index (χ4n) is 4.03. The van der Waals surface area contributed by atoms with Gasteiger partial charge in [0.05, 0.1) is 0 Å². The van der Waals surface area contributed by atoms with Crippen molar-refractivity contribution in [2.24, 2.45) is 0 Å². The molecule has 0 radical (unpaired) electrons. The van der Waals surface area contributed by atoms with Gasteiger partial charge >= 0.3 is 0 Å². The molecule has 2 aromatic rings. The number of nitrogens with zero attached hydrogens (tertiary/aromatic N) is 7. The largest absolute Gasteiger partial charge is 0.357 e. The molecule has 26 heavy (non-hydrogen) atoms. The summed E-state index contributed by atoms with van der Waals surface area (Å²) in [4.78, 5) is 16.0. The second kappa shape index (κ2) is 7.85. The fourth-order valence-corrected chi connectivity index (χ4v) is 4.03. The summed E-state index contributed by atoms with van der Waals surface area (Å²) in [6.45, 7) is 4.17. The highest BCUT2D eigenvalue weighted by molar-refractivity contribution is 5.50. The van der Waals surface area contributed by atoms with Gasteiger partial charge in [0.1, 0.15) is 18.0 Å². The molecule has 4 heterocycles. The van der Waals surface area contributed by atoms with E-state index in [0.29, 0.717) is 6.04 Å². The maximum Gasteiger partial charge on any atom is 0.151 e. The lowest BCUT2D eigenvalue weighted by Crippen LogP contribution is -2.40. The molecule has 0 aromatic carbocycles. The van der Waals surface area contributed by atoms with Crippen LogP contribution >= 0.6 is 0 Å². The van der Waals surface area contributed by atoms with Crippen molar-refractivity contribution in [3.05, 3.63) is 30.7 Å². The maximum absolute atomic E-state index is 4.52. The van der Waals surface area contributed by atoms with Gasteiger partial charge in [-0.05, 0) is 44.2 Å². The normalized spacial score (nSPS) is 20.4. The van der Waals surface area contributed by atoms with E-state index >= 15 is 0 Å². The highest BCUT2D eigenvalue weighted by Crippen LogP contribution is 2.26. The molecule has 7 nitrogen and oxygen atoms in total. The average Bonchev–Trinajstić information content (AvgIpc) is 3.17. The third-order valence-corrected chi connectivity index (χ3v) is 5.42. The second-order valence-electron chi connectivity index (χ2n) is 7.23. The Bertz CT molecular complexity index is 702. The molecular weight excluding hydrogens is 326 g/mol. The van der Waals surface area contributed by atoms with E-state index in [0.717, 1.165) is 43.6 Å². The molecule has 2 aromatic heterocycles. The third kappa shape index (κ3) is 3.71. The first-order chi connectivity index (χ1) is 12.8. The topological polar surface area (TPSA) is 61.3 Å². The highest BCUT2D eigenvalue weighted by atomic mass is 15.3. The summed E-state index contributed by atoms with van der Waals surface area (Å²) in [7, 11) is 2.12. The summed E-state index contributed by atoms with van der Waals surface area (Å²) >= 11 is 0. The van der Waals surface area contributed by atoms with E-state index in [9.17, 15) is 0 Å². The highest BCUT2D eigenvalue weighted by Gasteiger charge is 2.27. The van der Waals surface area contributed by atoms with Crippen LogP contribution in [-0.2, 0) is 0 Å². The number of aromatic nitrogens is 4. The monoisotopic (exact) mass is 353 g/mol. The van der Waals surface area contributed by atoms with E-state index in [1.54, 1.807) is 12.5 Å². The molecule has 1 unspecified atom stereocenters. The summed E-state index contributed by atoms with van der Waals surface area (Å²) < 4.78 is 0. The molecule has 0 N–H and O–H groups in total. The predicted molar refractivity (Wildman–Crippen MR) is 104 cm³/mol. The van der Waals surface area contributed by atoms with Gasteiger partial charge in [-0.25, -0.2) is 9.97 Å². The Kier molecular flexibility index (Phi) is 5.13. The SMILES string of the molecule is CN(CC1CCCN1c1cccnn1)c1cc(N2CCCCC2)ncn1. The molecule has 2 saturated heterocycles. The molecular formula is C19H27N7. The minimum atomic E-state index is 0.435. The van der Waals surface area contributed by atoms with Crippen LogP contribution in [0.1, 0.15) is 32.1 Å². The first kappa shape index (κ1) is 17.0. The van der Waals surface area contributed by atoms with Gasteiger partial charge in [0.2, 0.25) is 0 Å². The first-order valence-electron chi connectivity index (χ1n) is 9.64. The number of anilines is 3. The van der Waals surface area contributed by atoms with Crippen LogP contribution in [0.2, 0.25) is 0 Å². The molecule has 2 aliphatic heterocycles. The molecule has 2 aliphatic rings. The number of hydrogen-bond donors (Lipinski definition) is 0. The standard InChI is InChI=1S/C19H27N7/c1-24(14-16-7-6-12-26(16)17-8-5-9-22-23-17)18-13-19(21-15-20-18)25-10-3-2-4-11-25/h5,8-9,13,15-16H,2-4,6-7,10-12,14H2,1H3. The molecule has 0 spiro atoms. The molecule has 0 saturated carbocycles. The number of rotatable bonds is 5. The van der Waals surface area contributed by atoms with Gasteiger partial charge in [-0.15, -0.1) is 5.10 Å². The smallest absolute Gasteiger partial charge is 0.151 e. The molecule has 4 rings (SSSR count). The van der Waals surface area contributed by atoms with Gasteiger partial charge < -0.3 is 14.7 Å². The Morgan fingerprint density at radius 2 is 1.96 bits per heavy atom. The maximum atomic E-state index is 4.52. The molecule has 138 valence electrons.